The lowest BCUT2D eigenvalue weighted by molar-refractivity contribution is -0.141. The van der Waals surface area contributed by atoms with E-state index in [1.807, 2.05) is 85.8 Å². The van der Waals surface area contributed by atoms with Crippen molar-refractivity contribution in [3.05, 3.63) is 108 Å². The highest BCUT2D eigenvalue weighted by molar-refractivity contribution is 5.95. The summed E-state index contributed by atoms with van der Waals surface area (Å²) in [5.41, 5.74) is 10.1. The highest BCUT2D eigenvalue weighted by Gasteiger charge is 2.38. The molecule has 0 saturated carbocycles. The van der Waals surface area contributed by atoms with Crippen LogP contribution in [0.3, 0.4) is 0 Å². The van der Waals surface area contributed by atoms with Gasteiger partial charge in [-0.1, -0.05) is 107 Å². The number of nitrogens with one attached hydrogen (secondary N) is 5. The zero-order valence-corrected chi connectivity index (χ0v) is 33.2. The molecule has 3 aromatic rings. The third-order valence-electron chi connectivity index (χ3n) is 10.3. The minimum absolute atomic E-state index is 0.0564. The van der Waals surface area contributed by atoms with Gasteiger partial charge in [-0.2, -0.15) is 0 Å². The maximum Gasteiger partial charge on any atom is 0.246 e. The molecule has 0 aromatic heterocycles. The van der Waals surface area contributed by atoms with Crippen molar-refractivity contribution in [3.8, 4) is 0 Å². The van der Waals surface area contributed by atoms with Crippen LogP contribution in [0.25, 0.3) is 0 Å². The summed E-state index contributed by atoms with van der Waals surface area (Å²) in [5.74, 6) is -1.49. The van der Waals surface area contributed by atoms with Crippen LogP contribution in [-0.4, -0.2) is 65.1 Å². The molecule has 1 heterocycles. The third-order valence-corrected chi connectivity index (χ3v) is 10.3. The number of primary amides is 1. The largest absolute Gasteiger partial charge is 0.368 e. The van der Waals surface area contributed by atoms with Crippen molar-refractivity contribution >= 4 is 40.9 Å². The number of rotatable bonds is 21. The van der Waals surface area contributed by atoms with Gasteiger partial charge in [-0.05, 0) is 73.4 Å². The molecule has 1 aliphatic rings. The van der Waals surface area contributed by atoms with Crippen molar-refractivity contribution in [2.75, 3.05) is 17.2 Å². The number of benzene rings is 3. The van der Waals surface area contributed by atoms with E-state index in [2.05, 4.69) is 47.0 Å². The average molecular weight is 766 g/mol. The van der Waals surface area contributed by atoms with Crippen LogP contribution in [-0.2, 0) is 36.8 Å². The summed E-state index contributed by atoms with van der Waals surface area (Å²) in [4.78, 5) is 68.6. The average Bonchev–Trinajstić information content (AvgIpc) is 3.68. The molecule has 1 fully saturated rings. The Balaban J connectivity index is 1.42. The highest BCUT2D eigenvalue weighted by atomic mass is 16.2. The first-order valence-corrected chi connectivity index (χ1v) is 19.8. The lowest BCUT2D eigenvalue weighted by Gasteiger charge is -2.29. The first-order chi connectivity index (χ1) is 26.9. The van der Waals surface area contributed by atoms with Crippen LogP contribution >= 0.6 is 0 Å². The minimum Gasteiger partial charge on any atom is -0.368 e. The van der Waals surface area contributed by atoms with Gasteiger partial charge < -0.3 is 37.2 Å². The normalized spacial score (nSPS) is 15.8. The molecule has 3 aromatic carbocycles. The molecular weight excluding hydrogens is 707 g/mol. The third kappa shape index (κ3) is 12.7. The van der Waals surface area contributed by atoms with E-state index in [1.165, 1.54) is 4.90 Å². The predicted molar refractivity (Wildman–Crippen MR) is 221 cm³/mol. The van der Waals surface area contributed by atoms with E-state index >= 15 is 0 Å². The number of para-hydroxylation sites is 1. The lowest BCUT2D eigenvalue weighted by atomic mass is 9.92. The molecule has 0 aliphatic carbocycles. The van der Waals surface area contributed by atoms with Crippen molar-refractivity contribution in [2.45, 2.75) is 110 Å². The van der Waals surface area contributed by atoms with Crippen molar-refractivity contribution in [3.63, 3.8) is 0 Å². The van der Waals surface area contributed by atoms with E-state index in [9.17, 15) is 24.0 Å². The number of nitrogens with two attached hydrogens (primary N) is 1. The van der Waals surface area contributed by atoms with Gasteiger partial charge in [0.05, 0.1) is 6.42 Å². The molecule has 0 radical (unpaired) electrons. The van der Waals surface area contributed by atoms with Gasteiger partial charge >= 0.3 is 0 Å². The molecule has 1 saturated heterocycles. The highest BCUT2D eigenvalue weighted by Crippen LogP contribution is 2.21. The van der Waals surface area contributed by atoms with E-state index in [-0.39, 0.29) is 31.1 Å². The topological polar surface area (TPSA) is 175 Å². The number of carbonyl (C=O) groups excluding carboxylic acids is 5. The summed E-state index contributed by atoms with van der Waals surface area (Å²) >= 11 is 0. The second kappa shape index (κ2) is 21.4. The summed E-state index contributed by atoms with van der Waals surface area (Å²) in [6.45, 7) is 12.4. The van der Waals surface area contributed by atoms with Gasteiger partial charge in [0, 0.05) is 24.3 Å². The van der Waals surface area contributed by atoms with Gasteiger partial charge in [0.2, 0.25) is 29.5 Å². The molecule has 5 atom stereocenters. The SMILES string of the molecule is C=C(Nc1ccc(CC(=O)N[C@@H](CC(CC)CCC)C(=O)N[C@@H](CC)C(=O)N[C@@H](Cc2ccccc2)C(=O)N2CCCC2C(N)=O)cc1)Nc1ccccc1C. The van der Waals surface area contributed by atoms with Crippen LogP contribution < -0.4 is 32.3 Å². The predicted octanol–water partition coefficient (Wildman–Crippen LogP) is 5.33. The fourth-order valence-electron chi connectivity index (χ4n) is 7.15. The molecule has 12 heteroatoms. The zero-order valence-electron chi connectivity index (χ0n) is 33.2. The van der Waals surface area contributed by atoms with Crippen LogP contribution in [0.5, 0.6) is 0 Å². The first kappa shape index (κ1) is 43.1. The van der Waals surface area contributed by atoms with Crippen molar-refractivity contribution in [1.29, 1.82) is 0 Å². The number of anilines is 2. The van der Waals surface area contributed by atoms with Gasteiger partial charge in [-0.3, -0.25) is 24.0 Å². The molecule has 2 unspecified atom stereocenters. The fraction of sp³-hybridized carbons (Fsp3) is 0.432. The quantitative estimate of drug-likeness (QED) is 0.0850. The summed E-state index contributed by atoms with van der Waals surface area (Å²) in [7, 11) is 0. The molecule has 12 nitrogen and oxygen atoms in total. The van der Waals surface area contributed by atoms with Crippen LogP contribution in [0.2, 0.25) is 0 Å². The Labute approximate surface area is 331 Å². The number of amides is 5. The van der Waals surface area contributed by atoms with E-state index in [0.29, 0.717) is 31.6 Å². The van der Waals surface area contributed by atoms with E-state index in [1.54, 1.807) is 6.92 Å². The standard InChI is InChI=1S/C44H59N7O5/c1-6-15-31(7-2)26-37(48-40(52)28-33-21-23-34(24-22-33)46-30(5)47-36-19-13-12-16-29(36)4)43(55)49-35(8-3)42(54)50-38(27-32-17-10-9-11-18-32)44(56)51-25-14-20-39(51)41(45)53/h9-13,16-19,21-24,31,35,37-39,46-47H,5-8,14-15,20,25-28H2,1-4H3,(H2,45,53)(H,48,52)(H,49,55)(H,50,54)/t31?,35-,37-,38-,39?/m0/s1. The molecule has 5 amide bonds. The Morgan fingerprint density at radius 1 is 0.786 bits per heavy atom. The van der Waals surface area contributed by atoms with E-state index in [0.717, 1.165) is 47.3 Å². The molecule has 0 spiro atoms. The summed E-state index contributed by atoms with van der Waals surface area (Å²) in [5, 5.41) is 15.2. The monoisotopic (exact) mass is 765 g/mol. The van der Waals surface area contributed by atoms with Crippen molar-refractivity contribution in [1.82, 2.24) is 20.9 Å². The van der Waals surface area contributed by atoms with Gasteiger partial charge in [0.1, 0.15) is 30.0 Å². The zero-order chi connectivity index (χ0) is 40.6. The smallest absolute Gasteiger partial charge is 0.246 e. The number of nitrogens with zero attached hydrogens (tertiary/aromatic N) is 1. The van der Waals surface area contributed by atoms with Crippen LogP contribution in [0.4, 0.5) is 11.4 Å². The minimum atomic E-state index is -0.982. The Kier molecular flexibility index (Phi) is 16.5. The van der Waals surface area contributed by atoms with E-state index in [4.69, 9.17) is 5.73 Å². The summed E-state index contributed by atoms with van der Waals surface area (Å²) < 4.78 is 0. The Morgan fingerprint density at radius 3 is 2.09 bits per heavy atom. The Hall–Kier alpha value is -5.65. The lowest BCUT2D eigenvalue weighted by Crippen LogP contribution is -2.58. The molecule has 300 valence electrons. The summed E-state index contributed by atoms with van der Waals surface area (Å²) in [6, 6.07) is 21.1. The number of carbonyl (C=O) groups is 5. The number of likely N-dealkylation sites (tertiary alicyclic amines) is 1. The van der Waals surface area contributed by atoms with Crippen LogP contribution in [0.1, 0.15) is 82.4 Å². The first-order valence-electron chi connectivity index (χ1n) is 19.8. The molecule has 0 bridgehead atoms. The molecule has 4 rings (SSSR count). The maximum absolute atomic E-state index is 13.9. The van der Waals surface area contributed by atoms with E-state index < -0.39 is 47.8 Å². The van der Waals surface area contributed by atoms with Gasteiger partial charge in [0.15, 0.2) is 0 Å². The van der Waals surface area contributed by atoms with Crippen molar-refractivity contribution in [2.24, 2.45) is 11.7 Å². The molecule has 7 N–H and O–H groups in total. The fourth-order valence-corrected chi connectivity index (χ4v) is 7.15. The van der Waals surface area contributed by atoms with Crippen LogP contribution in [0.15, 0.2) is 91.3 Å². The second-order valence-corrected chi connectivity index (χ2v) is 14.6. The van der Waals surface area contributed by atoms with Crippen LogP contribution in [0, 0.1) is 12.8 Å². The van der Waals surface area contributed by atoms with Gasteiger partial charge in [-0.15, -0.1) is 0 Å². The number of hydrogen-bond acceptors (Lipinski definition) is 7. The molecule has 1 aliphatic heterocycles. The summed E-state index contributed by atoms with van der Waals surface area (Å²) in [6.07, 6.45) is 4.66. The Morgan fingerprint density at radius 2 is 1.45 bits per heavy atom. The molecular formula is C44H59N7O5. The van der Waals surface area contributed by atoms with Gasteiger partial charge in [-0.25, -0.2) is 0 Å². The number of hydrogen-bond donors (Lipinski definition) is 6. The Bertz CT molecular complexity index is 1800. The van der Waals surface area contributed by atoms with Crippen molar-refractivity contribution < 1.29 is 24.0 Å². The second-order valence-electron chi connectivity index (χ2n) is 14.6. The maximum atomic E-state index is 13.9. The van der Waals surface area contributed by atoms with Gasteiger partial charge in [0.25, 0.3) is 0 Å². The number of aryl methyl sites for hydroxylation is 1. The molecule has 56 heavy (non-hydrogen) atoms.